The van der Waals surface area contributed by atoms with Crippen LogP contribution >= 0.6 is 0 Å². The molecule has 2 atom stereocenters. The molecule has 0 radical (unpaired) electrons. The molecule has 0 saturated carbocycles. The lowest BCUT2D eigenvalue weighted by molar-refractivity contribution is 0.0640. The summed E-state index contributed by atoms with van der Waals surface area (Å²) in [4.78, 5) is 48.5. The van der Waals surface area contributed by atoms with Crippen LogP contribution in [-0.4, -0.2) is 58.6 Å². The Morgan fingerprint density at radius 3 is 1.15 bits per heavy atom. The van der Waals surface area contributed by atoms with Gasteiger partial charge < -0.3 is 14.7 Å². The van der Waals surface area contributed by atoms with Gasteiger partial charge in [-0.3, -0.25) is 14.4 Å². The van der Waals surface area contributed by atoms with E-state index in [0.29, 0.717) is 29.5 Å². The van der Waals surface area contributed by atoms with Crippen LogP contribution in [0.5, 0.6) is 0 Å². The average molecular weight is 694 g/mol. The summed E-state index contributed by atoms with van der Waals surface area (Å²) >= 11 is 0. The van der Waals surface area contributed by atoms with Crippen LogP contribution < -0.4 is 0 Å². The van der Waals surface area contributed by atoms with Crippen molar-refractivity contribution in [1.29, 1.82) is 0 Å². The summed E-state index contributed by atoms with van der Waals surface area (Å²) in [6, 6.07) is 42.1. The van der Waals surface area contributed by atoms with E-state index >= 15 is 4.79 Å². The van der Waals surface area contributed by atoms with E-state index < -0.39 is 0 Å². The number of nitrogens with zero attached hydrogens (tertiary/aromatic N) is 3. The van der Waals surface area contributed by atoms with Crippen molar-refractivity contribution in [2.45, 2.75) is 71.6 Å². The zero-order valence-electron chi connectivity index (χ0n) is 31.5. The summed E-state index contributed by atoms with van der Waals surface area (Å²) in [5.74, 6) is -0.236. The molecular formula is C46H51N3O3. The predicted molar refractivity (Wildman–Crippen MR) is 210 cm³/mol. The fourth-order valence-corrected chi connectivity index (χ4v) is 7.31. The Morgan fingerprint density at radius 1 is 0.500 bits per heavy atom. The molecule has 3 amide bonds. The van der Waals surface area contributed by atoms with E-state index in [1.165, 1.54) is 0 Å². The van der Waals surface area contributed by atoms with E-state index in [2.05, 4.69) is 19.1 Å². The first kappa shape index (κ1) is 37.8. The van der Waals surface area contributed by atoms with E-state index in [1.807, 2.05) is 168 Å². The summed E-state index contributed by atoms with van der Waals surface area (Å²) in [5, 5.41) is 0. The third-order valence-electron chi connectivity index (χ3n) is 9.82. The molecule has 0 aromatic heterocycles. The number of benzene rings is 5. The van der Waals surface area contributed by atoms with Gasteiger partial charge in [-0.2, -0.15) is 0 Å². The fraction of sp³-hybridized carbons (Fsp3) is 0.283. The molecule has 0 unspecified atom stereocenters. The molecule has 0 N–H and O–H groups in total. The molecule has 5 aromatic carbocycles. The number of aryl methyl sites for hydroxylation is 1. The minimum atomic E-state index is -0.353. The van der Waals surface area contributed by atoms with Gasteiger partial charge >= 0.3 is 0 Å². The second-order valence-electron chi connectivity index (χ2n) is 14.2. The van der Waals surface area contributed by atoms with Crippen molar-refractivity contribution in [2.75, 3.05) is 14.1 Å². The monoisotopic (exact) mass is 693 g/mol. The van der Waals surface area contributed by atoms with Crippen molar-refractivity contribution in [3.63, 3.8) is 0 Å². The number of likely N-dealkylation sites (N-methyl/N-ethyl adjacent to an activating group) is 2. The molecule has 52 heavy (non-hydrogen) atoms. The van der Waals surface area contributed by atoms with Gasteiger partial charge in [-0.25, -0.2) is 0 Å². The average Bonchev–Trinajstić information content (AvgIpc) is 3.15. The summed E-state index contributed by atoms with van der Waals surface area (Å²) in [6.07, 6.45) is 0.849. The normalized spacial score (nSPS) is 12.3. The second-order valence-corrected chi connectivity index (χ2v) is 14.2. The molecule has 0 aliphatic rings. The van der Waals surface area contributed by atoms with E-state index in [1.54, 1.807) is 9.80 Å². The van der Waals surface area contributed by atoms with Crippen LogP contribution in [0.1, 0.15) is 98.7 Å². The highest BCUT2D eigenvalue weighted by Gasteiger charge is 2.32. The molecule has 0 aliphatic heterocycles. The molecule has 0 fully saturated rings. The quantitative estimate of drug-likeness (QED) is 0.124. The highest BCUT2D eigenvalue weighted by molar-refractivity contribution is 5.98. The van der Waals surface area contributed by atoms with Crippen molar-refractivity contribution in [1.82, 2.24) is 14.7 Å². The van der Waals surface area contributed by atoms with Crippen LogP contribution in [0, 0.1) is 6.92 Å². The van der Waals surface area contributed by atoms with Crippen molar-refractivity contribution in [2.24, 2.45) is 0 Å². The van der Waals surface area contributed by atoms with Gasteiger partial charge in [0.1, 0.15) is 0 Å². The van der Waals surface area contributed by atoms with Crippen molar-refractivity contribution < 1.29 is 14.4 Å². The molecule has 268 valence electrons. The lowest BCUT2D eigenvalue weighted by atomic mass is 9.86. The molecule has 6 heteroatoms. The van der Waals surface area contributed by atoms with Crippen LogP contribution in [0.15, 0.2) is 133 Å². The Morgan fingerprint density at radius 2 is 0.827 bits per heavy atom. The van der Waals surface area contributed by atoms with Crippen molar-refractivity contribution in [3.05, 3.63) is 178 Å². The van der Waals surface area contributed by atoms with Gasteiger partial charge in [0.15, 0.2) is 0 Å². The molecule has 5 aromatic rings. The molecule has 5 rings (SSSR count). The first-order chi connectivity index (χ1) is 25.0. The molecule has 0 aliphatic carbocycles. The van der Waals surface area contributed by atoms with Crippen LogP contribution in [0.4, 0.5) is 0 Å². The van der Waals surface area contributed by atoms with Crippen LogP contribution in [0.25, 0.3) is 0 Å². The third kappa shape index (κ3) is 8.68. The maximum Gasteiger partial charge on any atom is 0.254 e. The maximum atomic E-state index is 15.0. The lowest BCUT2D eigenvalue weighted by Gasteiger charge is -2.35. The van der Waals surface area contributed by atoms with Gasteiger partial charge in [0.05, 0.1) is 12.1 Å². The molecule has 0 spiro atoms. The zero-order chi connectivity index (χ0) is 37.4. The van der Waals surface area contributed by atoms with Gasteiger partial charge in [0.25, 0.3) is 17.7 Å². The second kappa shape index (κ2) is 17.1. The molecule has 6 nitrogen and oxygen atoms in total. The Kier molecular flexibility index (Phi) is 12.5. The standard InChI is InChI=1S/C46H51N3O3/c1-32(2)49(33(3)4)46(52)43-39(30-41(35-20-12-8-13-21-35)47(6)44(50)37-24-16-10-17-25-37)28-34(5)29-40(43)31-42(36-22-14-9-15-23-36)48(7)45(51)38-26-18-11-19-27-38/h8-29,32-33,41-42H,30-31H2,1-7H3/t41-,42+. The number of rotatable bonds is 13. The first-order valence-electron chi connectivity index (χ1n) is 18.2. The molecule has 0 heterocycles. The summed E-state index contributed by atoms with van der Waals surface area (Å²) in [5.41, 5.74) is 6.56. The smallest absolute Gasteiger partial charge is 0.254 e. The molecule has 0 bridgehead atoms. The first-order valence-corrected chi connectivity index (χ1v) is 18.2. The van der Waals surface area contributed by atoms with Gasteiger partial charge in [-0.15, -0.1) is 0 Å². The van der Waals surface area contributed by atoms with Crippen LogP contribution in [0.3, 0.4) is 0 Å². The fourth-order valence-electron chi connectivity index (χ4n) is 7.31. The Balaban J connectivity index is 1.67. The van der Waals surface area contributed by atoms with Crippen molar-refractivity contribution >= 4 is 17.7 Å². The van der Waals surface area contributed by atoms with Crippen LogP contribution in [-0.2, 0) is 12.8 Å². The topological polar surface area (TPSA) is 60.9 Å². The summed E-state index contributed by atoms with van der Waals surface area (Å²) in [6.45, 7) is 10.2. The Bertz CT molecular complexity index is 1810. The van der Waals surface area contributed by atoms with Crippen LogP contribution in [0.2, 0.25) is 0 Å². The Hall–Kier alpha value is -5.49. The minimum absolute atomic E-state index is 0.0472. The minimum Gasteiger partial charge on any atom is -0.334 e. The predicted octanol–water partition coefficient (Wildman–Crippen LogP) is 9.37. The highest BCUT2D eigenvalue weighted by Crippen LogP contribution is 2.34. The SMILES string of the molecule is Cc1cc(C[C@H](c2ccccc2)N(C)C(=O)c2ccccc2)c(C(=O)N(C(C)C)C(C)C)c(C[C@@H](c2ccccc2)N(C)C(=O)c2ccccc2)c1. The number of amides is 3. The molecular weight excluding hydrogens is 643 g/mol. The van der Waals surface area contributed by atoms with E-state index in [9.17, 15) is 9.59 Å². The third-order valence-corrected chi connectivity index (χ3v) is 9.82. The largest absolute Gasteiger partial charge is 0.334 e. The highest BCUT2D eigenvalue weighted by atomic mass is 16.2. The number of carbonyl (C=O) groups is 3. The van der Waals surface area contributed by atoms with E-state index in [0.717, 1.165) is 27.8 Å². The van der Waals surface area contributed by atoms with Gasteiger partial charge in [-0.1, -0.05) is 115 Å². The van der Waals surface area contributed by atoms with E-state index in [4.69, 9.17) is 0 Å². The lowest BCUT2D eigenvalue weighted by Crippen LogP contribution is -2.43. The van der Waals surface area contributed by atoms with E-state index in [-0.39, 0.29) is 41.9 Å². The maximum absolute atomic E-state index is 15.0. The van der Waals surface area contributed by atoms with Crippen molar-refractivity contribution in [3.8, 4) is 0 Å². The zero-order valence-corrected chi connectivity index (χ0v) is 31.5. The number of hydrogen-bond acceptors (Lipinski definition) is 3. The van der Waals surface area contributed by atoms with Gasteiger partial charge in [-0.05, 0) is 94.0 Å². The summed E-state index contributed by atoms with van der Waals surface area (Å²) in [7, 11) is 3.69. The van der Waals surface area contributed by atoms with Gasteiger partial charge in [0.2, 0.25) is 0 Å². The number of hydrogen-bond donors (Lipinski definition) is 0. The molecule has 0 saturated heterocycles. The Labute approximate surface area is 309 Å². The number of carbonyl (C=O) groups excluding carboxylic acids is 3. The van der Waals surface area contributed by atoms with Gasteiger partial charge in [0, 0.05) is 42.9 Å². The summed E-state index contributed by atoms with van der Waals surface area (Å²) < 4.78 is 0.